The van der Waals surface area contributed by atoms with E-state index in [-0.39, 0.29) is 0 Å². The number of aromatic amines is 1. The van der Waals surface area contributed by atoms with Gasteiger partial charge in [0.1, 0.15) is 0 Å². The lowest BCUT2D eigenvalue weighted by atomic mass is 10.1. The fourth-order valence-electron chi connectivity index (χ4n) is 2.02. The Morgan fingerprint density at radius 2 is 1.95 bits per heavy atom. The fourth-order valence-corrected chi connectivity index (χ4v) is 2.02. The van der Waals surface area contributed by atoms with E-state index < -0.39 is 0 Å². The third-order valence-corrected chi connectivity index (χ3v) is 3.20. The van der Waals surface area contributed by atoms with E-state index in [0.717, 1.165) is 29.1 Å². The number of anilines is 1. The lowest BCUT2D eigenvalue weighted by molar-refractivity contribution is 0.397. The molecule has 0 radical (unpaired) electrons. The van der Waals surface area contributed by atoms with Gasteiger partial charge in [-0.05, 0) is 23.3 Å². The predicted octanol–water partition coefficient (Wildman–Crippen LogP) is 3.09. The molecule has 0 amide bonds. The van der Waals surface area contributed by atoms with Crippen molar-refractivity contribution in [2.24, 2.45) is 0 Å². The van der Waals surface area contributed by atoms with E-state index in [9.17, 15) is 0 Å². The summed E-state index contributed by atoms with van der Waals surface area (Å²) in [6.45, 7) is 0.723. The highest BCUT2D eigenvalue weighted by molar-refractivity contribution is 5.61. The average Bonchev–Trinajstić information content (AvgIpc) is 3.08. The maximum Gasteiger partial charge on any atom is 0.212 e. The number of benzene rings is 1. The molecule has 5 heteroatoms. The number of hydrogen-bond donors (Lipinski definition) is 2. The zero-order chi connectivity index (χ0) is 14.5. The molecule has 0 spiro atoms. The molecule has 3 aromatic rings. The van der Waals surface area contributed by atoms with Crippen LogP contribution in [0.4, 0.5) is 5.69 Å². The van der Waals surface area contributed by atoms with E-state index >= 15 is 0 Å². The van der Waals surface area contributed by atoms with Gasteiger partial charge in [0.25, 0.3) is 0 Å². The summed E-state index contributed by atoms with van der Waals surface area (Å²) < 4.78 is 5.04. The zero-order valence-electron chi connectivity index (χ0n) is 11.7. The molecule has 0 fully saturated rings. The Bertz CT molecular complexity index is 675. The van der Waals surface area contributed by atoms with Crippen molar-refractivity contribution in [1.82, 2.24) is 15.0 Å². The largest absolute Gasteiger partial charge is 0.481 e. The summed E-state index contributed by atoms with van der Waals surface area (Å²) in [6, 6.07) is 12.1. The van der Waals surface area contributed by atoms with Crippen LogP contribution in [0.1, 0.15) is 5.56 Å². The van der Waals surface area contributed by atoms with Gasteiger partial charge in [-0.1, -0.05) is 18.2 Å². The Balaban J connectivity index is 1.62. The van der Waals surface area contributed by atoms with Gasteiger partial charge >= 0.3 is 0 Å². The number of nitrogens with zero attached hydrogens (tertiary/aromatic N) is 2. The van der Waals surface area contributed by atoms with Crippen molar-refractivity contribution in [3.63, 3.8) is 0 Å². The SMILES string of the molecule is COc1ccc(CNc2ccc(-c3cnc[nH]3)cc2)cn1. The fraction of sp³-hybridized carbons (Fsp3) is 0.125. The Morgan fingerprint density at radius 1 is 1.10 bits per heavy atom. The Morgan fingerprint density at radius 3 is 2.57 bits per heavy atom. The van der Waals surface area contributed by atoms with Gasteiger partial charge in [-0.25, -0.2) is 9.97 Å². The molecule has 2 aromatic heterocycles. The lowest BCUT2D eigenvalue weighted by Gasteiger charge is -2.07. The van der Waals surface area contributed by atoms with Crippen molar-refractivity contribution in [1.29, 1.82) is 0 Å². The van der Waals surface area contributed by atoms with Crippen LogP contribution in [-0.4, -0.2) is 22.1 Å². The molecular weight excluding hydrogens is 264 g/mol. The number of H-pyrrole nitrogens is 1. The van der Waals surface area contributed by atoms with E-state index in [4.69, 9.17) is 4.74 Å². The minimum atomic E-state index is 0.627. The maximum absolute atomic E-state index is 5.04. The molecule has 3 rings (SSSR count). The van der Waals surface area contributed by atoms with Crippen LogP contribution < -0.4 is 10.1 Å². The van der Waals surface area contributed by atoms with Crippen LogP contribution in [0, 0.1) is 0 Å². The highest BCUT2D eigenvalue weighted by atomic mass is 16.5. The van der Waals surface area contributed by atoms with Crippen LogP contribution in [0.5, 0.6) is 5.88 Å². The number of methoxy groups -OCH3 is 1. The normalized spacial score (nSPS) is 10.3. The number of nitrogens with one attached hydrogen (secondary N) is 2. The number of rotatable bonds is 5. The summed E-state index contributed by atoms with van der Waals surface area (Å²) in [5.74, 6) is 0.627. The molecule has 0 unspecified atom stereocenters. The molecule has 0 saturated heterocycles. The highest BCUT2D eigenvalue weighted by Gasteiger charge is 2.00. The van der Waals surface area contributed by atoms with Crippen molar-refractivity contribution in [2.75, 3.05) is 12.4 Å². The number of hydrogen-bond acceptors (Lipinski definition) is 4. The van der Waals surface area contributed by atoms with Gasteiger partial charge in [0.15, 0.2) is 0 Å². The quantitative estimate of drug-likeness (QED) is 0.754. The Labute approximate surface area is 123 Å². The number of pyridine rings is 1. The Kier molecular flexibility index (Phi) is 3.82. The van der Waals surface area contributed by atoms with Gasteiger partial charge in [-0.15, -0.1) is 0 Å². The van der Waals surface area contributed by atoms with Crippen LogP contribution in [0.2, 0.25) is 0 Å². The molecule has 2 heterocycles. The second-order valence-corrected chi connectivity index (χ2v) is 4.60. The molecule has 21 heavy (non-hydrogen) atoms. The standard InChI is InChI=1S/C16H16N4O/c1-21-16-7-2-12(9-19-16)8-18-14-5-3-13(4-6-14)15-10-17-11-20-15/h2-7,9-11,18H,8H2,1H3,(H,17,20). The second kappa shape index (κ2) is 6.09. The minimum Gasteiger partial charge on any atom is -0.481 e. The average molecular weight is 280 g/mol. The lowest BCUT2D eigenvalue weighted by Crippen LogP contribution is -2.00. The number of ether oxygens (including phenoxy) is 1. The highest BCUT2D eigenvalue weighted by Crippen LogP contribution is 2.19. The van der Waals surface area contributed by atoms with E-state index in [1.165, 1.54) is 0 Å². The summed E-state index contributed by atoms with van der Waals surface area (Å²) in [5.41, 5.74) is 4.30. The van der Waals surface area contributed by atoms with Gasteiger partial charge in [0.05, 0.1) is 25.3 Å². The molecule has 1 aromatic carbocycles. The zero-order valence-corrected chi connectivity index (χ0v) is 11.7. The van der Waals surface area contributed by atoms with Crippen molar-refractivity contribution in [3.05, 3.63) is 60.7 Å². The van der Waals surface area contributed by atoms with Gasteiger partial charge in [-0.2, -0.15) is 0 Å². The van der Waals surface area contributed by atoms with Crippen molar-refractivity contribution >= 4 is 5.69 Å². The Hall–Kier alpha value is -2.82. The molecular formula is C16H16N4O. The van der Waals surface area contributed by atoms with Crippen LogP contribution in [0.15, 0.2) is 55.1 Å². The topological polar surface area (TPSA) is 62.8 Å². The second-order valence-electron chi connectivity index (χ2n) is 4.60. The van der Waals surface area contributed by atoms with E-state index in [0.29, 0.717) is 5.88 Å². The molecule has 0 atom stereocenters. The van der Waals surface area contributed by atoms with Crippen molar-refractivity contribution < 1.29 is 4.74 Å². The van der Waals surface area contributed by atoms with E-state index in [1.54, 1.807) is 13.4 Å². The maximum atomic E-state index is 5.04. The summed E-state index contributed by atoms with van der Waals surface area (Å²) in [6.07, 6.45) is 5.30. The van der Waals surface area contributed by atoms with Crippen LogP contribution in [-0.2, 0) is 6.54 Å². The van der Waals surface area contributed by atoms with Gasteiger partial charge < -0.3 is 15.0 Å². The van der Waals surface area contributed by atoms with Crippen LogP contribution >= 0.6 is 0 Å². The summed E-state index contributed by atoms with van der Waals surface area (Å²) >= 11 is 0. The number of aromatic nitrogens is 3. The molecule has 0 bridgehead atoms. The summed E-state index contributed by atoms with van der Waals surface area (Å²) in [4.78, 5) is 11.3. The smallest absolute Gasteiger partial charge is 0.212 e. The molecule has 0 aliphatic carbocycles. The van der Waals surface area contributed by atoms with E-state index in [1.807, 2.05) is 36.7 Å². The van der Waals surface area contributed by atoms with Crippen LogP contribution in [0.3, 0.4) is 0 Å². The monoisotopic (exact) mass is 280 g/mol. The van der Waals surface area contributed by atoms with Gasteiger partial charge in [-0.3, -0.25) is 0 Å². The first-order valence-electron chi connectivity index (χ1n) is 6.67. The first-order chi connectivity index (χ1) is 10.3. The number of imidazole rings is 1. The molecule has 0 saturated carbocycles. The molecule has 5 nitrogen and oxygen atoms in total. The van der Waals surface area contributed by atoms with E-state index in [2.05, 4.69) is 32.4 Å². The summed E-state index contributed by atoms with van der Waals surface area (Å²) in [7, 11) is 1.61. The van der Waals surface area contributed by atoms with Crippen molar-refractivity contribution in [3.8, 4) is 17.1 Å². The molecule has 2 N–H and O–H groups in total. The van der Waals surface area contributed by atoms with Gasteiger partial charge in [0, 0.05) is 24.5 Å². The first-order valence-corrected chi connectivity index (χ1v) is 6.67. The molecule has 0 aliphatic rings. The predicted molar refractivity (Wildman–Crippen MR) is 82.1 cm³/mol. The van der Waals surface area contributed by atoms with Gasteiger partial charge in [0.2, 0.25) is 5.88 Å². The minimum absolute atomic E-state index is 0.627. The summed E-state index contributed by atoms with van der Waals surface area (Å²) in [5, 5.41) is 3.36. The van der Waals surface area contributed by atoms with Crippen LogP contribution in [0.25, 0.3) is 11.3 Å². The molecule has 0 aliphatic heterocycles. The third-order valence-electron chi connectivity index (χ3n) is 3.20. The molecule has 106 valence electrons. The van der Waals surface area contributed by atoms with Crippen molar-refractivity contribution in [2.45, 2.75) is 6.54 Å². The third kappa shape index (κ3) is 3.20. The first kappa shape index (κ1) is 13.2.